The van der Waals surface area contributed by atoms with Crippen molar-refractivity contribution in [3.63, 3.8) is 0 Å². The molecule has 0 aliphatic heterocycles. The van der Waals surface area contributed by atoms with E-state index in [1.165, 1.54) is 0 Å². The van der Waals surface area contributed by atoms with E-state index < -0.39 is 30.2 Å². The number of primary amides is 1. The van der Waals surface area contributed by atoms with Gasteiger partial charge in [-0.3, -0.25) is 9.59 Å². The zero-order valence-electron chi connectivity index (χ0n) is 15.1. The van der Waals surface area contributed by atoms with Crippen LogP contribution in [-0.2, 0) is 16.0 Å². The molecule has 0 aromatic heterocycles. The van der Waals surface area contributed by atoms with Crippen molar-refractivity contribution >= 4 is 23.6 Å². The number of aliphatic carboxylic acids is 1. The Bertz CT molecular complexity index is 971. The number of amides is 3. The molecule has 1 atom stereocenters. The van der Waals surface area contributed by atoms with Crippen LogP contribution in [0.25, 0.3) is 11.1 Å². The summed E-state index contributed by atoms with van der Waals surface area (Å²) in [5, 5.41) is 9.32. The first-order valence-electron chi connectivity index (χ1n) is 8.84. The van der Waals surface area contributed by atoms with Crippen LogP contribution in [0.15, 0.2) is 72.8 Å². The van der Waals surface area contributed by atoms with Gasteiger partial charge in [0.25, 0.3) is 0 Å². The second kappa shape index (κ2) is 8.35. The molecule has 1 aromatic rings. The minimum absolute atomic E-state index is 0.190. The summed E-state index contributed by atoms with van der Waals surface area (Å²) in [6, 6.07) is 20.7. The Morgan fingerprint density at radius 1 is 0.893 bits per heavy atom. The largest absolute Gasteiger partial charge is 0.481 e. The first-order chi connectivity index (χ1) is 13.5. The maximum atomic E-state index is 13.1. The van der Waals surface area contributed by atoms with Crippen molar-refractivity contribution < 1.29 is 19.5 Å². The number of nitrogens with zero attached hydrogens (tertiary/aromatic N) is 1. The van der Waals surface area contributed by atoms with Crippen molar-refractivity contribution in [3.05, 3.63) is 78.4 Å². The van der Waals surface area contributed by atoms with Crippen LogP contribution in [0.3, 0.4) is 0 Å². The van der Waals surface area contributed by atoms with E-state index in [0.717, 1.165) is 21.6 Å². The van der Waals surface area contributed by atoms with Gasteiger partial charge in [-0.25, -0.2) is 9.69 Å². The molecule has 2 aliphatic rings. The Balaban J connectivity index is 1.94. The number of urea groups is 1. The number of para-hydroxylation sites is 1. The van der Waals surface area contributed by atoms with Crippen LogP contribution in [0, 0.1) is 5.92 Å². The molecule has 0 saturated carbocycles. The fraction of sp³-hybridized carbons (Fsp3) is 0.136. The van der Waals surface area contributed by atoms with Gasteiger partial charge >= 0.3 is 12.0 Å². The molecule has 0 bridgehead atoms. The Hall–Kier alpha value is -3.67. The lowest BCUT2D eigenvalue weighted by Gasteiger charge is -2.24. The lowest BCUT2D eigenvalue weighted by Crippen LogP contribution is -2.45. The van der Waals surface area contributed by atoms with Gasteiger partial charge in [-0.15, -0.1) is 0 Å². The third-order valence-electron chi connectivity index (χ3n) is 4.57. The van der Waals surface area contributed by atoms with Crippen LogP contribution < -0.4 is 10.6 Å². The SMILES string of the molecule is NC(=O)N(C(=O)[C@@H](CC(=O)O)Cc1ccc2cccccc1-2)c1ccccc1. The van der Waals surface area contributed by atoms with Crippen molar-refractivity contribution in [2.24, 2.45) is 11.7 Å². The summed E-state index contributed by atoms with van der Waals surface area (Å²) >= 11 is 0. The van der Waals surface area contributed by atoms with Crippen molar-refractivity contribution in [3.8, 4) is 11.1 Å². The van der Waals surface area contributed by atoms with Crippen molar-refractivity contribution in [2.45, 2.75) is 12.8 Å². The molecule has 0 radical (unpaired) electrons. The van der Waals surface area contributed by atoms with E-state index in [9.17, 15) is 19.5 Å². The number of benzene rings is 1. The number of carbonyl (C=O) groups excluding carboxylic acids is 2. The first-order valence-corrected chi connectivity index (χ1v) is 8.84. The topological polar surface area (TPSA) is 101 Å². The molecule has 1 aromatic carbocycles. The molecule has 6 nitrogen and oxygen atoms in total. The van der Waals surface area contributed by atoms with Gasteiger partial charge in [-0.2, -0.15) is 0 Å². The molecule has 2 aliphatic carbocycles. The number of fused-ring (bicyclic) bond motifs is 1. The number of rotatable bonds is 6. The number of hydrogen-bond acceptors (Lipinski definition) is 3. The van der Waals surface area contributed by atoms with Crippen LogP contribution >= 0.6 is 0 Å². The first kappa shape index (κ1) is 19.1. The monoisotopic (exact) mass is 376 g/mol. The summed E-state index contributed by atoms with van der Waals surface area (Å²) in [7, 11) is 0. The molecule has 0 saturated heterocycles. The van der Waals surface area contributed by atoms with E-state index in [0.29, 0.717) is 5.69 Å². The van der Waals surface area contributed by atoms with E-state index in [1.54, 1.807) is 30.3 Å². The summed E-state index contributed by atoms with van der Waals surface area (Å²) in [6.07, 6.45) is -0.212. The normalized spacial score (nSPS) is 11.7. The van der Waals surface area contributed by atoms with Crippen LogP contribution in [0.1, 0.15) is 12.0 Å². The second-order valence-corrected chi connectivity index (χ2v) is 6.48. The van der Waals surface area contributed by atoms with Gasteiger partial charge in [-0.1, -0.05) is 60.7 Å². The van der Waals surface area contributed by atoms with Crippen LogP contribution in [-0.4, -0.2) is 23.0 Å². The maximum Gasteiger partial charge on any atom is 0.326 e. The van der Waals surface area contributed by atoms with Gasteiger partial charge in [0.2, 0.25) is 5.91 Å². The summed E-state index contributed by atoms with van der Waals surface area (Å²) in [5.41, 5.74) is 8.54. The zero-order valence-corrected chi connectivity index (χ0v) is 15.1. The highest BCUT2D eigenvalue weighted by molar-refractivity contribution is 6.14. The Morgan fingerprint density at radius 2 is 1.54 bits per heavy atom. The summed E-state index contributed by atoms with van der Waals surface area (Å²) in [5.74, 6) is -2.67. The molecular formula is C22H20N2O4. The highest BCUT2D eigenvalue weighted by Gasteiger charge is 2.31. The molecule has 0 fully saturated rings. The van der Waals surface area contributed by atoms with Gasteiger partial charge in [0.15, 0.2) is 0 Å². The van der Waals surface area contributed by atoms with E-state index in [4.69, 9.17) is 5.73 Å². The molecule has 0 spiro atoms. The Kier molecular flexibility index (Phi) is 5.69. The van der Waals surface area contributed by atoms with Crippen molar-refractivity contribution in [1.82, 2.24) is 0 Å². The quantitative estimate of drug-likeness (QED) is 0.687. The number of carboxylic acids is 1. The summed E-state index contributed by atoms with van der Waals surface area (Å²) < 4.78 is 0. The number of hydrogen-bond donors (Lipinski definition) is 2. The highest BCUT2D eigenvalue weighted by Crippen LogP contribution is 2.30. The Labute approximate surface area is 162 Å². The number of carboxylic acid groups (broad SMARTS) is 1. The van der Waals surface area contributed by atoms with Crippen LogP contribution in [0.2, 0.25) is 0 Å². The molecule has 0 unspecified atom stereocenters. The average molecular weight is 376 g/mol. The van der Waals surface area contributed by atoms with Gasteiger partial charge in [-0.05, 0) is 35.2 Å². The van der Waals surface area contributed by atoms with Gasteiger partial charge in [0, 0.05) is 0 Å². The van der Waals surface area contributed by atoms with Crippen LogP contribution in [0.4, 0.5) is 10.5 Å². The average Bonchev–Trinajstić information content (AvgIpc) is 2.87. The molecule has 28 heavy (non-hydrogen) atoms. The standard InChI is InChI=1S/C22H20N2O4/c23-22(28)24(18-8-4-2-5-9-18)21(27)17(14-20(25)26)13-16-12-11-15-7-3-1-6-10-19(15)16/h1-12,17H,13-14H2,(H2,23,28)(H,25,26)/t17-/m1/s1. The second-order valence-electron chi connectivity index (χ2n) is 6.48. The van der Waals surface area contributed by atoms with Crippen molar-refractivity contribution in [1.29, 1.82) is 0 Å². The van der Waals surface area contributed by atoms with E-state index in [1.807, 2.05) is 42.5 Å². The molecular weight excluding hydrogens is 356 g/mol. The molecule has 0 heterocycles. The van der Waals surface area contributed by atoms with Crippen molar-refractivity contribution in [2.75, 3.05) is 4.90 Å². The number of nitrogens with two attached hydrogens (primary N) is 1. The molecule has 6 heteroatoms. The third kappa shape index (κ3) is 4.17. The summed E-state index contributed by atoms with van der Waals surface area (Å²) in [4.78, 5) is 37.3. The highest BCUT2D eigenvalue weighted by atomic mass is 16.4. The smallest absolute Gasteiger partial charge is 0.326 e. The van der Waals surface area contributed by atoms with Gasteiger partial charge < -0.3 is 10.8 Å². The minimum Gasteiger partial charge on any atom is -0.481 e. The Morgan fingerprint density at radius 3 is 2.18 bits per heavy atom. The predicted molar refractivity (Wildman–Crippen MR) is 106 cm³/mol. The van der Waals surface area contributed by atoms with Gasteiger partial charge in [0.05, 0.1) is 18.0 Å². The summed E-state index contributed by atoms with van der Waals surface area (Å²) in [6.45, 7) is 0. The maximum absolute atomic E-state index is 13.1. The number of imide groups is 1. The third-order valence-corrected chi connectivity index (χ3v) is 4.57. The van der Waals surface area contributed by atoms with E-state index >= 15 is 0 Å². The predicted octanol–water partition coefficient (Wildman–Crippen LogP) is 3.54. The lowest BCUT2D eigenvalue weighted by molar-refractivity contribution is -0.140. The number of anilines is 1. The number of carbonyl (C=O) groups is 3. The van der Waals surface area contributed by atoms with E-state index in [2.05, 4.69) is 0 Å². The fourth-order valence-electron chi connectivity index (χ4n) is 3.30. The molecule has 142 valence electrons. The lowest BCUT2D eigenvalue weighted by atomic mass is 9.93. The fourth-order valence-corrected chi connectivity index (χ4v) is 3.30. The molecule has 3 N–H and O–H groups in total. The van der Waals surface area contributed by atoms with Crippen LogP contribution in [0.5, 0.6) is 0 Å². The molecule has 3 rings (SSSR count). The molecule has 3 amide bonds. The zero-order chi connectivity index (χ0) is 20.1. The van der Waals surface area contributed by atoms with Gasteiger partial charge in [0.1, 0.15) is 0 Å². The minimum atomic E-state index is -1.11. The van der Waals surface area contributed by atoms with E-state index in [-0.39, 0.29) is 6.42 Å².